The van der Waals surface area contributed by atoms with Crippen LogP contribution in [0.4, 0.5) is 0 Å². The van der Waals surface area contributed by atoms with Crippen LogP contribution in [0.3, 0.4) is 0 Å². The Balaban J connectivity index is 0.00000225. The first kappa shape index (κ1) is 14.7. The van der Waals surface area contributed by atoms with Crippen molar-refractivity contribution in [1.82, 2.24) is 0 Å². The van der Waals surface area contributed by atoms with E-state index < -0.39 is 0 Å². The van der Waals surface area contributed by atoms with Gasteiger partial charge in [-0.2, -0.15) is 0 Å². The molecule has 0 spiro atoms. The van der Waals surface area contributed by atoms with E-state index in [-0.39, 0.29) is 18.4 Å². The van der Waals surface area contributed by atoms with Crippen LogP contribution in [0.15, 0.2) is 30.3 Å². The summed E-state index contributed by atoms with van der Waals surface area (Å²) in [7, 11) is 0. The Morgan fingerprint density at radius 1 is 1.38 bits per heavy atom. The van der Waals surface area contributed by atoms with Gasteiger partial charge >= 0.3 is 5.97 Å². The third-order valence-electron chi connectivity index (χ3n) is 1.91. The number of esters is 1. The van der Waals surface area contributed by atoms with Crippen LogP contribution in [0.25, 0.3) is 6.08 Å². The molecule has 2 N–H and O–H groups in total. The zero-order valence-corrected chi connectivity index (χ0v) is 10.00. The fourth-order valence-electron chi connectivity index (χ4n) is 1.12. The van der Waals surface area contributed by atoms with Crippen molar-refractivity contribution in [3.05, 3.63) is 41.5 Å². The number of hydrogen-bond donors (Lipinski definition) is 1. The molecule has 0 aliphatic rings. The molecule has 0 heterocycles. The van der Waals surface area contributed by atoms with Crippen molar-refractivity contribution >= 4 is 24.5 Å². The summed E-state index contributed by atoms with van der Waals surface area (Å²) >= 11 is 0. The van der Waals surface area contributed by atoms with Gasteiger partial charge in [-0.25, -0.2) is 4.79 Å². The molecule has 0 aromatic heterocycles. The van der Waals surface area contributed by atoms with E-state index in [0.29, 0.717) is 13.2 Å². The van der Waals surface area contributed by atoms with E-state index in [9.17, 15) is 4.79 Å². The first-order chi connectivity index (χ1) is 7.26. The van der Waals surface area contributed by atoms with E-state index >= 15 is 0 Å². The number of nitrogens with two attached hydrogens (primary N) is 1. The lowest BCUT2D eigenvalue weighted by molar-refractivity contribution is -0.137. The van der Waals surface area contributed by atoms with Gasteiger partial charge in [0, 0.05) is 12.6 Å². The SMILES string of the molecule is CCOC(=O)C=Cc1ccc(CN)cc1.Cl. The zero-order valence-electron chi connectivity index (χ0n) is 9.18. The molecule has 1 aromatic rings. The molecule has 4 heteroatoms. The standard InChI is InChI=1S/C12H15NO2.ClH/c1-2-15-12(14)8-7-10-3-5-11(9-13)6-4-10;/h3-8H,2,9,13H2,1H3;1H. The molecule has 16 heavy (non-hydrogen) atoms. The maximum absolute atomic E-state index is 11.0. The zero-order chi connectivity index (χ0) is 11.1. The van der Waals surface area contributed by atoms with E-state index in [2.05, 4.69) is 0 Å². The molecule has 0 saturated heterocycles. The predicted octanol–water partition coefficient (Wildman–Crippen LogP) is 2.14. The Hall–Kier alpha value is -1.32. The summed E-state index contributed by atoms with van der Waals surface area (Å²) in [6, 6.07) is 7.70. The number of benzene rings is 1. The van der Waals surface area contributed by atoms with Crippen molar-refractivity contribution in [1.29, 1.82) is 0 Å². The third kappa shape index (κ3) is 4.96. The minimum Gasteiger partial charge on any atom is -0.463 e. The first-order valence-electron chi connectivity index (χ1n) is 4.90. The van der Waals surface area contributed by atoms with Crippen LogP contribution in [0, 0.1) is 0 Å². The Bertz CT molecular complexity index is 347. The summed E-state index contributed by atoms with van der Waals surface area (Å²) in [6.45, 7) is 2.71. The topological polar surface area (TPSA) is 52.3 Å². The second-order valence-corrected chi connectivity index (χ2v) is 3.03. The van der Waals surface area contributed by atoms with Crippen LogP contribution >= 0.6 is 12.4 Å². The molecule has 0 atom stereocenters. The molecule has 1 rings (SSSR count). The molecule has 0 unspecified atom stereocenters. The van der Waals surface area contributed by atoms with E-state index in [1.165, 1.54) is 6.08 Å². The molecule has 0 bridgehead atoms. The molecule has 0 amide bonds. The maximum Gasteiger partial charge on any atom is 0.330 e. The number of hydrogen-bond acceptors (Lipinski definition) is 3. The van der Waals surface area contributed by atoms with Gasteiger partial charge in [0.05, 0.1) is 6.61 Å². The van der Waals surface area contributed by atoms with E-state index in [1.54, 1.807) is 13.0 Å². The number of carbonyl (C=O) groups is 1. The van der Waals surface area contributed by atoms with Crippen LogP contribution in [-0.2, 0) is 16.1 Å². The molecule has 0 saturated carbocycles. The smallest absolute Gasteiger partial charge is 0.330 e. The van der Waals surface area contributed by atoms with E-state index in [1.807, 2.05) is 24.3 Å². The normalized spacial score (nSPS) is 9.88. The van der Waals surface area contributed by atoms with Crippen LogP contribution < -0.4 is 5.73 Å². The highest BCUT2D eigenvalue weighted by Gasteiger charge is 1.94. The largest absolute Gasteiger partial charge is 0.463 e. The van der Waals surface area contributed by atoms with Crippen LogP contribution in [0.5, 0.6) is 0 Å². The number of halogens is 1. The van der Waals surface area contributed by atoms with Gasteiger partial charge in [0.1, 0.15) is 0 Å². The van der Waals surface area contributed by atoms with Gasteiger partial charge < -0.3 is 10.5 Å². The fourth-order valence-corrected chi connectivity index (χ4v) is 1.12. The molecule has 0 aliphatic heterocycles. The van der Waals surface area contributed by atoms with Crippen LogP contribution in [0.2, 0.25) is 0 Å². The van der Waals surface area contributed by atoms with Gasteiger partial charge in [-0.05, 0) is 24.1 Å². The number of rotatable bonds is 4. The van der Waals surface area contributed by atoms with Gasteiger partial charge in [-0.15, -0.1) is 12.4 Å². The average Bonchev–Trinajstić information content (AvgIpc) is 2.27. The second-order valence-electron chi connectivity index (χ2n) is 3.03. The summed E-state index contributed by atoms with van der Waals surface area (Å²) in [5, 5.41) is 0. The molecule has 88 valence electrons. The Labute approximate surface area is 102 Å². The van der Waals surface area contributed by atoms with Crippen molar-refractivity contribution in [2.45, 2.75) is 13.5 Å². The number of carbonyl (C=O) groups excluding carboxylic acids is 1. The van der Waals surface area contributed by atoms with Gasteiger partial charge in [0.2, 0.25) is 0 Å². The third-order valence-corrected chi connectivity index (χ3v) is 1.91. The lowest BCUT2D eigenvalue weighted by atomic mass is 10.1. The Kier molecular flexibility index (Phi) is 7.25. The summed E-state index contributed by atoms with van der Waals surface area (Å²) in [4.78, 5) is 11.0. The molecule has 0 radical (unpaired) electrons. The van der Waals surface area contributed by atoms with Crippen molar-refractivity contribution in [3.8, 4) is 0 Å². The molecule has 3 nitrogen and oxygen atoms in total. The quantitative estimate of drug-likeness (QED) is 0.649. The van der Waals surface area contributed by atoms with Crippen molar-refractivity contribution in [2.24, 2.45) is 5.73 Å². The first-order valence-corrected chi connectivity index (χ1v) is 4.90. The Morgan fingerprint density at radius 3 is 2.50 bits per heavy atom. The van der Waals surface area contributed by atoms with Crippen molar-refractivity contribution in [3.63, 3.8) is 0 Å². The highest BCUT2D eigenvalue weighted by Crippen LogP contribution is 2.05. The molecular formula is C12H16ClNO2. The summed E-state index contributed by atoms with van der Waals surface area (Å²) in [6.07, 6.45) is 3.14. The lowest BCUT2D eigenvalue weighted by Gasteiger charge is -1.97. The predicted molar refractivity (Wildman–Crippen MR) is 67.2 cm³/mol. The number of ether oxygens (including phenoxy) is 1. The van der Waals surface area contributed by atoms with Crippen LogP contribution in [0.1, 0.15) is 18.1 Å². The van der Waals surface area contributed by atoms with Crippen molar-refractivity contribution < 1.29 is 9.53 Å². The molecule has 1 aromatic carbocycles. The van der Waals surface area contributed by atoms with Gasteiger partial charge in [-0.3, -0.25) is 0 Å². The minimum absolute atomic E-state index is 0. The van der Waals surface area contributed by atoms with E-state index in [4.69, 9.17) is 10.5 Å². The molecular weight excluding hydrogens is 226 g/mol. The highest BCUT2D eigenvalue weighted by molar-refractivity contribution is 5.87. The average molecular weight is 242 g/mol. The summed E-state index contributed by atoms with van der Waals surface area (Å²) < 4.78 is 4.76. The Morgan fingerprint density at radius 2 is 2.00 bits per heavy atom. The molecule has 0 aliphatic carbocycles. The second kappa shape index (κ2) is 7.91. The maximum atomic E-state index is 11.0. The van der Waals surface area contributed by atoms with E-state index in [0.717, 1.165) is 11.1 Å². The monoisotopic (exact) mass is 241 g/mol. The van der Waals surface area contributed by atoms with Crippen LogP contribution in [-0.4, -0.2) is 12.6 Å². The van der Waals surface area contributed by atoms with Crippen molar-refractivity contribution in [2.75, 3.05) is 6.61 Å². The summed E-state index contributed by atoms with van der Waals surface area (Å²) in [5.74, 6) is -0.319. The van der Waals surface area contributed by atoms with Gasteiger partial charge in [0.15, 0.2) is 0 Å². The molecule has 0 fully saturated rings. The highest BCUT2D eigenvalue weighted by atomic mass is 35.5. The van der Waals surface area contributed by atoms with Gasteiger partial charge in [-0.1, -0.05) is 24.3 Å². The fraction of sp³-hybridized carbons (Fsp3) is 0.250. The lowest BCUT2D eigenvalue weighted by Crippen LogP contribution is -1.98. The van der Waals surface area contributed by atoms with Gasteiger partial charge in [0.25, 0.3) is 0 Å². The minimum atomic E-state index is -0.319. The summed E-state index contributed by atoms with van der Waals surface area (Å²) in [5.41, 5.74) is 7.50.